The number of ether oxygens (including phenoxy) is 1. The van der Waals surface area contributed by atoms with Crippen LogP contribution in [0.15, 0.2) is 24.3 Å². The maximum absolute atomic E-state index is 5.94. The number of rotatable bonds is 7. The Morgan fingerprint density at radius 3 is 2.80 bits per heavy atom. The van der Waals surface area contributed by atoms with Gasteiger partial charge in [0.2, 0.25) is 5.28 Å². The molecule has 0 saturated heterocycles. The van der Waals surface area contributed by atoms with E-state index < -0.39 is 0 Å². The molecule has 108 valence electrons. The summed E-state index contributed by atoms with van der Waals surface area (Å²) in [5.41, 5.74) is 0.859. The van der Waals surface area contributed by atoms with Crippen molar-refractivity contribution in [2.45, 2.75) is 32.8 Å². The van der Waals surface area contributed by atoms with Crippen molar-refractivity contribution in [3.8, 4) is 0 Å². The van der Waals surface area contributed by atoms with Gasteiger partial charge in [-0.15, -0.1) is 0 Å². The highest BCUT2D eigenvalue weighted by Gasteiger charge is 2.05. The molecule has 0 unspecified atom stereocenters. The van der Waals surface area contributed by atoms with Gasteiger partial charge in [-0.3, -0.25) is 0 Å². The molecule has 1 aromatic carbocycles. The first-order chi connectivity index (χ1) is 9.66. The molecular weight excluding hydrogens is 274 g/mol. The van der Waals surface area contributed by atoms with Gasteiger partial charge in [-0.2, -0.15) is 0 Å². The van der Waals surface area contributed by atoms with Crippen LogP contribution in [0.5, 0.6) is 0 Å². The Balaban J connectivity index is 1.90. The zero-order valence-corrected chi connectivity index (χ0v) is 12.7. The van der Waals surface area contributed by atoms with Crippen molar-refractivity contribution in [3.05, 3.63) is 29.5 Å². The average Bonchev–Trinajstić information content (AvgIpc) is 2.42. The van der Waals surface area contributed by atoms with Crippen LogP contribution in [-0.2, 0) is 4.74 Å². The largest absolute Gasteiger partial charge is 0.379 e. The highest BCUT2D eigenvalue weighted by Crippen LogP contribution is 2.21. The van der Waals surface area contributed by atoms with Crippen LogP contribution >= 0.6 is 11.6 Å². The van der Waals surface area contributed by atoms with Gasteiger partial charge in [0.1, 0.15) is 5.82 Å². The highest BCUT2D eigenvalue weighted by atomic mass is 35.5. The van der Waals surface area contributed by atoms with Gasteiger partial charge in [-0.1, -0.05) is 12.1 Å². The molecule has 1 aromatic heterocycles. The first-order valence-corrected chi connectivity index (χ1v) is 7.32. The van der Waals surface area contributed by atoms with Gasteiger partial charge in [-0.05, 0) is 50.4 Å². The maximum atomic E-state index is 5.94. The third kappa shape index (κ3) is 4.32. The Kier molecular flexibility index (Phi) is 5.56. The predicted octanol–water partition coefficient (Wildman–Crippen LogP) is 3.90. The predicted molar refractivity (Wildman–Crippen MR) is 83.4 cm³/mol. The first-order valence-electron chi connectivity index (χ1n) is 6.94. The second-order valence-corrected chi connectivity index (χ2v) is 5.25. The van der Waals surface area contributed by atoms with Crippen LogP contribution < -0.4 is 5.32 Å². The molecular formula is C15H20ClN3O. The highest BCUT2D eigenvalue weighted by molar-refractivity contribution is 6.28. The molecule has 0 spiro atoms. The smallest absolute Gasteiger partial charge is 0.224 e. The first kappa shape index (κ1) is 15.0. The fraction of sp³-hybridized carbons (Fsp3) is 0.467. The van der Waals surface area contributed by atoms with Crippen LogP contribution in [0, 0.1) is 0 Å². The Morgan fingerprint density at radius 2 is 2.00 bits per heavy atom. The van der Waals surface area contributed by atoms with Gasteiger partial charge in [0.05, 0.1) is 11.6 Å². The number of nitrogens with zero attached hydrogens (tertiary/aromatic N) is 2. The zero-order valence-electron chi connectivity index (χ0n) is 11.9. The summed E-state index contributed by atoms with van der Waals surface area (Å²) >= 11 is 5.94. The summed E-state index contributed by atoms with van der Waals surface area (Å²) in [4.78, 5) is 8.47. The second kappa shape index (κ2) is 7.41. The van der Waals surface area contributed by atoms with Gasteiger partial charge >= 0.3 is 0 Å². The Hall–Kier alpha value is -1.39. The molecule has 0 bridgehead atoms. The molecule has 20 heavy (non-hydrogen) atoms. The van der Waals surface area contributed by atoms with Gasteiger partial charge < -0.3 is 10.1 Å². The summed E-state index contributed by atoms with van der Waals surface area (Å²) in [6, 6.07) is 7.85. The SMILES string of the molecule is CC(C)OCCCCNc1nc(Cl)nc2ccccc12. The van der Waals surface area contributed by atoms with Crippen LogP contribution in [0.2, 0.25) is 5.28 Å². The van der Waals surface area contributed by atoms with Gasteiger partial charge in [0.25, 0.3) is 0 Å². The van der Waals surface area contributed by atoms with E-state index in [2.05, 4.69) is 15.3 Å². The van der Waals surface area contributed by atoms with E-state index in [0.717, 1.165) is 42.7 Å². The van der Waals surface area contributed by atoms with Crippen LogP contribution in [0.1, 0.15) is 26.7 Å². The summed E-state index contributed by atoms with van der Waals surface area (Å²) < 4.78 is 5.51. The monoisotopic (exact) mass is 293 g/mol. The van der Waals surface area contributed by atoms with Crippen molar-refractivity contribution < 1.29 is 4.74 Å². The third-order valence-corrected chi connectivity index (χ3v) is 3.06. The maximum Gasteiger partial charge on any atom is 0.224 e. The minimum Gasteiger partial charge on any atom is -0.379 e. The lowest BCUT2D eigenvalue weighted by atomic mass is 10.2. The Morgan fingerprint density at radius 1 is 1.20 bits per heavy atom. The summed E-state index contributed by atoms with van der Waals surface area (Å²) in [5.74, 6) is 0.797. The lowest BCUT2D eigenvalue weighted by molar-refractivity contribution is 0.0765. The molecule has 0 amide bonds. The van der Waals surface area contributed by atoms with Crippen LogP contribution in [-0.4, -0.2) is 29.2 Å². The minimum atomic E-state index is 0.273. The van der Waals surface area contributed by atoms with Crippen molar-refractivity contribution in [2.24, 2.45) is 0 Å². The zero-order chi connectivity index (χ0) is 14.4. The molecule has 1 N–H and O–H groups in total. The third-order valence-electron chi connectivity index (χ3n) is 2.89. The van der Waals surface area contributed by atoms with Crippen molar-refractivity contribution >= 4 is 28.3 Å². The van der Waals surface area contributed by atoms with E-state index in [1.54, 1.807) is 0 Å². The van der Waals surface area contributed by atoms with E-state index in [9.17, 15) is 0 Å². The number of benzene rings is 1. The minimum absolute atomic E-state index is 0.273. The number of halogens is 1. The molecule has 0 aliphatic carbocycles. The van der Waals surface area contributed by atoms with Crippen molar-refractivity contribution in [1.82, 2.24) is 9.97 Å². The van der Waals surface area contributed by atoms with E-state index in [4.69, 9.17) is 16.3 Å². The Labute approximate surface area is 124 Å². The molecule has 0 aliphatic heterocycles. The number of unbranched alkanes of at least 4 members (excludes halogenated alkanes) is 1. The topological polar surface area (TPSA) is 47.0 Å². The van der Waals surface area contributed by atoms with E-state index in [1.807, 2.05) is 38.1 Å². The van der Waals surface area contributed by atoms with Crippen molar-refractivity contribution in [2.75, 3.05) is 18.5 Å². The number of aromatic nitrogens is 2. The molecule has 4 nitrogen and oxygen atoms in total. The average molecular weight is 294 g/mol. The number of nitrogens with one attached hydrogen (secondary N) is 1. The standard InChI is InChI=1S/C15H20ClN3O/c1-11(2)20-10-6-5-9-17-14-12-7-3-4-8-13(12)18-15(16)19-14/h3-4,7-8,11H,5-6,9-10H2,1-2H3,(H,17,18,19). The summed E-state index contributed by atoms with van der Waals surface area (Å²) in [6.07, 6.45) is 2.36. The number of para-hydroxylation sites is 1. The molecule has 2 rings (SSSR count). The summed E-state index contributed by atoms with van der Waals surface area (Å²) in [5, 5.41) is 4.59. The molecule has 1 heterocycles. The molecule has 0 radical (unpaired) electrons. The van der Waals surface area contributed by atoms with E-state index in [-0.39, 0.29) is 5.28 Å². The van der Waals surface area contributed by atoms with Gasteiger partial charge in [0, 0.05) is 18.5 Å². The van der Waals surface area contributed by atoms with Gasteiger partial charge in [0.15, 0.2) is 0 Å². The Bertz CT molecular complexity index is 560. The number of hydrogen-bond acceptors (Lipinski definition) is 4. The van der Waals surface area contributed by atoms with Crippen molar-refractivity contribution in [3.63, 3.8) is 0 Å². The lowest BCUT2D eigenvalue weighted by Crippen LogP contribution is -2.08. The molecule has 0 atom stereocenters. The van der Waals surface area contributed by atoms with Crippen LogP contribution in [0.4, 0.5) is 5.82 Å². The molecule has 5 heteroatoms. The fourth-order valence-corrected chi connectivity index (χ4v) is 2.11. The van der Waals surface area contributed by atoms with E-state index >= 15 is 0 Å². The van der Waals surface area contributed by atoms with Gasteiger partial charge in [-0.25, -0.2) is 9.97 Å². The molecule has 0 fully saturated rings. The number of anilines is 1. The lowest BCUT2D eigenvalue weighted by Gasteiger charge is -2.10. The fourth-order valence-electron chi connectivity index (χ4n) is 1.94. The molecule has 0 aliphatic rings. The second-order valence-electron chi connectivity index (χ2n) is 4.91. The van der Waals surface area contributed by atoms with E-state index in [0.29, 0.717) is 6.10 Å². The van der Waals surface area contributed by atoms with E-state index in [1.165, 1.54) is 0 Å². The normalized spacial score (nSPS) is 11.2. The number of hydrogen-bond donors (Lipinski definition) is 1. The quantitative estimate of drug-likeness (QED) is 0.621. The number of fused-ring (bicyclic) bond motifs is 1. The molecule has 2 aromatic rings. The van der Waals surface area contributed by atoms with Crippen molar-refractivity contribution in [1.29, 1.82) is 0 Å². The molecule has 0 saturated carbocycles. The summed E-state index contributed by atoms with van der Waals surface area (Å²) in [7, 11) is 0. The summed E-state index contributed by atoms with van der Waals surface area (Å²) in [6.45, 7) is 5.74. The van der Waals surface area contributed by atoms with Crippen LogP contribution in [0.25, 0.3) is 10.9 Å². The van der Waals surface area contributed by atoms with Crippen LogP contribution in [0.3, 0.4) is 0 Å².